The topological polar surface area (TPSA) is 0 Å². The Balaban J connectivity index is 2.97. The van der Waals surface area contributed by atoms with Crippen molar-refractivity contribution in [3.63, 3.8) is 0 Å². The normalized spacial score (nSPS) is 13.8. The van der Waals surface area contributed by atoms with Crippen molar-refractivity contribution in [2.24, 2.45) is 0 Å². The molecule has 2 aromatic carbocycles. The van der Waals surface area contributed by atoms with Gasteiger partial charge in [-0.3, -0.25) is 0 Å². The zero-order valence-electron chi connectivity index (χ0n) is 12.4. The first-order valence-electron chi connectivity index (χ1n) is 6.89. The first-order chi connectivity index (χ1) is 11.0. The van der Waals surface area contributed by atoms with Crippen LogP contribution in [-0.4, -0.2) is 8.61 Å². The van der Waals surface area contributed by atoms with E-state index < -0.39 is 14.0 Å². The van der Waals surface area contributed by atoms with Gasteiger partial charge >= 0.3 is 0 Å². The molecule has 0 nitrogen and oxygen atoms in total. The van der Waals surface area contributed by atoms with E-state index in [9.17, 15) is 0 Å². The summed E-state index contributed by atoms with van der Waals surface area (Å²) in [6, 6.07) is 20.8. The minimum atomic E-state index is -0.676. The molecular formula is C17H13Br7. The van der Waals surface area contributed by atoms with Crippen LogP contribution in [0.1, 0.15) is 18.1 Å². The molecule has 0 amide bonds. The Morgan fingerprint density at radius 1 is 0.583 bits per heavy atom. The highest BCUT2D eigenvalue weighted by Gasteiger charge is 2.66. The number of benzene rings is 2. The molecule has 0 saturated heterocycles. The van der Waals surface area contributed by atoms with Gasteiger partial charge in [0.1, 0.15) is 3.23 Å². The maximum atomic E-state index is 3.95. The number of hydrogen-bond donors (Lipinski definition) is 0. The largest absolute Gasteiger partial charge is 0.161 e. The van der Waals surface area contributed by atoms with Crippen LogP contribution in [-0.2, 0) is 5.41 Å². The van der Waals surface area contributed by atoms with E-state index in [1.54, 1.807) is 0 Å². The third-order valence-corrected chi connectivity index (χ3v) is 12.4. The van der Waals surface area contributed by atoms with Crippen LogP contribution in [0.25, 0.3) is 0 Å². The van der Waals surface area contributed by atoms with Crippen LogP contribution >= 0.6 is 112 Å². The van der Waals surface area contributed by atoms with Crippen molar-refractivity contribution in [1.82, 2.24) is 0 Å². The lowest BCUT2D eigenvalue weighted by molar-refractivity contribution is 0.470. The number of alkyl halides is 7. The lowest BCUT2D eigenvalue weighted by Crippen LogP contribution is -2.59. The molecule has 0 aliphatic carbocycles. The molecule has 0 fully saturated rings. The first kappa shape index (κ1) is 22.1. The molecule has 0 saturated carbocycles. The number of halogens is 7. The second-order valence-electron chi connectivity index (χ2n) is 5.44. The molecule has 24 heavy (non-hydrogen) atoms. The van der Waals surface area contributed by atoms with Crippen molar-refractivity contribution in [2.45, 2.75) is 20.9 Å². The van der Waals surface area contributed by atoms with Crippen LogP contribution < -0.4 is 0 Å². The molecule has 0 heterocycles. The van der Waals surface area contributed by atoms with Crippen molar-refractivity contribution in [3.8, 4) is 0 Å². The van der Waals surface area contributed by atoms with E-state index in [2.05, 4.69) is 143 Å². The van der Waals surface area contributed by atoms with Gasteiger partial charge in [0.2, 0.25) is 0 Å². The Labute approximate surface area is 201 Å². The molecule has 0 spiro atoms. The molecule has 0 aliphatic heterocycles. The van der Waals surface area contributed by atoms with Crippen molar-refractivity contribution >= 4 is 112 Å². The summed E-state index contributed by atoms with van der Waals surface area (Å²) >= 11 is 26.9. The summed E-state index contributed by atoms with van der Waals surface area (Å²) in [6.45, 7) is 2.10. The lowest BCUT2D eigenvalue weighted by Gasteiger charge is -2.54. The standard InChI is InChI=1S/C17H13Br7/c1-14(18,19)15(12-8-4-2-5-9-12,13-10-6-3-7-11-13)16(20,21)17(22,23)24/h2-11H,1H3. The van der Waals surface area contributed by atoms with Gasteiger partial charge < -0.3 is 0 Å². The molecule has 0 bridgehead atoms. The molecule has 0 unspecified atom stereocenters. The Bertz CT molecular complexity index is 630. The van der Waals surface area contributed by atoms with Gasteiger partial charge in [-0.2, -0.15) is 0 Å². The minimum Gasteiger partial charge on any atom is -0.0716 e. The average molecular weight is 777 g/mol. The highest BCUT2D eigenvalue weighted by Crippen LogP contribution is 2.69. The highest BCUT2D eigenvalue weighted by atomic mass is 80.0. The monoisotopic (exact) mass is 770 g/mol. The van der Waals surface area contributed by atoms with E-state index in [-0.39, 0.29) is 0 Å². The van der Waals surface area contributed by atoms with Crippen LogP contribution in [0.4, 0.5) is 0 Å². The smallest absolute Gasteiger partial charge is 0.0716 e. The maximum absolute atomic E-state index is 3.95. The van der Waals surface area contributed by atoms with E-state index >= 15 is 0 Å². The average Bonchev–Trinajstić information content (AvgIpc) is 2.47. The number of hydrogen-bond acceptors (Lipinski definition) is 0. The summed E-state index contributed by atoms with van der Waals surface area (Å²) in [5.74, 6) is 0. The fraction of sp³-hybridized carbons (Fsp3) is 0.294. The Hall–Kier alpha value is 1.80. The van der Waals surface area contributed by atoms with Gasteiger partial charge in [0, 0.05) is 0 Å². The predicted molar refractivity (Wildman–Crippen MR) is 130 cm³/mol. The van der Waals surface area contributed by atoms with Gasteiger partial charge in [-0.05, 0) is 18.1 Å². The summed E-state index contributed by atoms with van der Waals surface area (Å²) < 4.78 is -1.82. The van der Waals surface area contributed by atoms with Gasteiger partial charge in [-0.1, -0.05) is 172 Å². The fourth-order valence-corrected chi connectivity index (χ4v) is 8.08. The molecule has 0 radical (unpaired) electrons. The second-order valence-corrected chi connectivity index (χ2v) is 19.9. The SMILES string of the molecule is CC(Br)(Br)C(c1ccccc1)(c1ccccc1)C(Br)(Br)C(Br)(Br)Br. The van der Waals surface area contributed by atoms with E-state index in [0.29, 0.717) is 0 Å². The molecular weight excluding hydrogens is 764 g/mol. The van der Waals surface area contributed by atoms with Gasteiger partial charge in [-0.25, -0.2) is 0 Å². The Morgan fingerprint density at radius 2 is 0.917 bits per heavy atom. The highest BCUT2D eigenvalue weighted by molar-refractivity contribution is 9.41. The molecule has 130 valence electrons. The molecule has 0 atom stereocenters. The Kier molecular flexibility index (Phi) is 7.40. The van der Waals surface area contributed by atoms with Crippen molar-refractivity contribution in [1.29, 1.82) is 0 Å². The second kappa shape index (κ2) is 8.04. The first-order valence-corrected chi connectivity index (χ1v) is 12.4. The zero-order chi connectivity index (χ0) is 18.2. The molecule has 0 aliphatic rings. The third-order valence-electron chi connectivity index (χ3n) is 3.90. The predicted octanol–water partition coefficient (Wildman–Crippen LogP) is 8.80. The van der Waals surface area contributed by atoms with E-state index in [4.69, 9.17) is 0 Å². The zero-order valence-corrected chi connectivity index (χ0v) is 23.5. The molecule has 0 N–H and O–H groups in total. The third kappa shape index (κ3) is 3.83. The van der Waals surface area contributed by atoms with Crippen molar-refractivity contribution < 1.29 is 0 Å². The lowest BCUT2D eigenvalue weighted by atomic mass is 9.70. The van der Waals surface area contributed by atoms with Gasteiger partial charge in [0.15, 0.2) is 2.14 Å². The minimum absolute atomic E-state index is 0.497. The summed E-state index contributed by atoms with van der Waals surface area (Å²) in [7, 11) is 0. The van der Waals surface area contributed by atoms with Crippen LogP contribution in [0.15, 0.2) is 60.7 Å². The van der Waals surface area contributed by atoms with E-state index in [0.717, 1.165) is 11.1 Å². The van der Waals surface area contributed by atoms with Crippen molar-refractivity contribution in [3.05, 3.63) is 71.8 Å². The fourth-order valence-electron chi connectivity index (χ4n) is 2.90. The molecule has 2 aromatic rings. The van der Waals surface area contributed by atoms with Gasteiger partial charge in [0.25, 0.3) is 0 Å². The quantitative estimate of drug-likeness (QED) is 0.273. The summed E-state index contributed by atoms with van der Waals surface area (Å²) in [4.78, 5) is 0. The molecule has 0 aromatic heterocycles. The summed E-state index contributed by atoms with van der Waals surface area (Å²) in [5, 5.41) is 0. The Morgan fingerprint density at radius 3 is 1.17 bits per heavy atom. The van der Waals surface area contributed by atoms with E-state index in [1.807, 2.05) is 36.4 Å². The van der Waals surface area contributed by atoms with Gasteiger partial charge in [-0.15, -0.1) is 0 Å². The van der Waals surface area contributed by atoms with Crippen molar-refractivity contribution in [2.75, 3.05) is 0 Å². The molecule has 7 heteroatoms. The summed E-state index contributed by atoms with van der Waals surface area (Å²) in [5.41, 5.74) is 1.69. The molecule has 2 rings (SSSR count). The summed E-state index contributed by atoms with van der Waals surface area (Å²) in [6.07, 6.45) is 0. The maximum Gasteiger partial charge on any atom is 0.161 e. The number of rotatable bonds is 4. The van der Waals surface area contributed by atoms with E-state index in [1.165, 1.54) is 0 Å². The van der Waals surface area contributed by atoms with Crippen LogP contribution in [0, 0.1) is 0 Å². The van der Waals surface area contributed by atoms with Crippen LogP contribution in [0.5, 0.6) is 0 Å². The van der Waals surface area contributed by atoms with Gasteiger partial charge in [0.05, 0.1) is 8.65 Å². The van der Waals surface area contributed by atoms with Crippen LogP contribution in [0.2, 0.25) is 0 Å². The van der Waals surface area contributed by atoms with Crippen LogP contribution in [0.3, 0.4) is 0 Å².